The van der Waals surface area contributed by atoms with Crippen LogP contribution in [0.4, 0.5) is 5.82 Å². The fourth-order valence-electron chi connectivity index (χ4n) is 2.46. The van der Waals surface area contributed by atoms with Gasteiger partial charge in [-0.05, 0) is 23.8 Å². The molecule has 23 heavy (non-hydrogen) atoms. The van der Waals surface area contributed by atoms with E-state index in [0.29, 0.717) is 12.2 Å². The second kappa shape index (κ2) is 6.31. The number of carbonyl (C=O) groups is 1. The van der Waals surface area contributed by atoms with Crippen molar-refractivity contribution in [2.45, 2.75) is 6.42 Å². The number of amides is 1. The van der Waals surface area contributed by atoms with Crippen LogP contribution in [0.5, 0.6) is 0 Å². The maximum atomic E-state index is 11.7. The van der Waals surface area contributed by atoms with Crippen molar-refractivity contribution in [3.05, 3.63) is 60.6 Å². The van der Waals surface area contributed by atoms with E-state index in [1.165, 1.54) is 0 Å². The van der Waals surface area contributed by atoms with Gasteiger partial charge in [0.1, 0.15) is 11.6 Å². The Kier molecular flexibility index (Phi) is 4.05. The van der Waals surface area contributed by atoms with Crippen LogP contribution >= 0.6 is 0 Å². The molecule has 0 spiro atoms. The standard InChI is InChI=1S/C17H17N5O/c1-19-16(23)11-12-4-2-3-5-14(12)22-9-8-21-17(22)13-6-7-20-15(18)10-13/h2-10H,11H2,1H3,(H2,18,20)(H,19,23). The number of benzene rings is 1. The number of hydrogen-bond acceptors (Lipinski definition) is 4. The van der Waals surface area contributed by atoms with Crippen molar-refractivity contribution in [1.82, 2.24) is 19.9 Å². The Bertz CT molecular complexity index is 840. The van der Waals surface area contributed by atoms with Crippen molar-refractivity contribution < 1.29 is 4.79 Å². The predicted octanol–water partition coefficient (Wildman–Crippen LogP) is 1.80. The number of aromatic nitrogens is 3. The molecule has 6 nitrogen and oxygen atoms in total. The fourth-order valence-corrected chi connectivity index (χ4v) is 2.46. The van der Waals surface area contributed by atoms with Crippen molar-refractivity contribution in [3.63, 3.8) is 0 Å². The zero-order chi connectivity index (χ0) is 16.2. The van der Waals surface area contributed by atoms with Crippen molar-refractivity contribution in [2.24, 2.45) is 0 Å². The summed E-state index contributed by atoms with van der Waals surface area (Å²) in [6.45, 7) is 0. The highest BCUT2D eigenvalue weighted by atomic mass is 16.1. The summed E-state index contributed by atoms with van der Waals surface area (Å²) in [6, 6.07) is 11.4. The number of anilines is 1. The molecule has 0 atom stereocenters. The Morgan fingerprint density at radius 2 is 2.04 bits per heavy atom. The van der Waals surface area contributed by atoms with Gasteiger partial charge >= 0.3 is 0 Å². The summed E-state index contributed by atoms with van der Waals surface area (Å²) in [5.41, 5.74) is 8.48. The monoisotopic (exact) mass is 307 g/mol. The quantitative estimate of drug-likeness (QED) is 0.769. The highest BCUT2D eigenvalue weighted by molar-refractivity contribution is 5.79. The number of nitrogen functional groups attached to an aromatic ring is 1. The lowest BCUT2D eigenvalue weighted by Gasteiger charge is -2.13. The van der Waals surface area contributed by atoms with Gasteiger partial charge in [0.05, 0.1) is 12.1 Å². The third-order valence-corrected chi connectivity index (χ3v) is 3.56. The molecule has 3 rings (SSSR count). The lowest BCUT2D eigenvalue weighted by atomic mass is 10.1. The smallest absolute Gasteiger partial charge is 0.224 e. The molecule has 0 saturated heterocycles. The number of nitrogens with two attached hydrogens (primary N) is 1. The van der Waals surface area contributed by atoms with Crippen LogP contribution in [-0.4, -0.2) is 27.5 Å². The second-order valence-electron chi connectivity index (χ2n) is 5.07. The van der Waals surface area contributed by atoms with Crippen LogP contribution in [0.15, 0.2) is 55.0 Å². The summed E-state index contributed by atoms with van der Waals surface area (Å²) in [4.78, 5) is 20.2. The van der Waals surface area contributed by atoms with Gasteiger partial charge in [-0.3, -0.25) is 9.36 Å². The Morgan fingerprint density at radius 3 is 2.83 bits per heavy atom. The normalized spacial score (nSPS) is 10.5. The number of rotatable bonds is 4. The van der Waals surface area contributed by atoms with E-state index in [-0.39, 0.29) is 5.91 Å². The summed E-state index contributed by atoms with van der Waals surface area (Å²) in [6.07, 6.45) is 5.56. The SMILES string of the molecule is CNC(=O)Cc1ccccc1-n1ccnc1-c1ccnc(N)c1. The number of para-hydroxylation sites is 1. The summed E-state index contributed by atoms with van der Waals surface area (Å²) in [5.74, 6) is 1.16. The minimum absolute atomic E-state index is 0.0349. The van der Waals surface area contributed by atoms with E-state index in [0.717, 1.165) is 22.6 Å². The number of hydrogen-bond donors (Lipinski definition) is 2. The van der Waals surface area contributed by atoms with Gasteiger partial charge in [-0.25, -0.2) is 9.97 Å². The molecular weight excluding hydrogens is 290 g/mol. The second-order valence-corrected chi connectivity index (χ2v) is 5.07. The van der Waals surface area contributed by atoms with E-state index >= 15 is 0 Å². The first kappa shape index (κ1) is 14.8. The predicted molar refractivity (Wildman–Crippen MR) is 89.0 cm³/mol. The molecule has 3 aromatic rings. The van der Waals surface area contributed by atoms with Crippen LogP contribution in [0, 0.1) is 0 Å². The minimum Gasteiger partial charge on any atom is -0.384 e. The Labute approximate surface area is 134 Å². The van der Waals surface area contributed by atoms with Crippen LogP contribution in [0.1, 0.15) is 5.56 Å². The molecule has 1 amide bonds. The molecule has 1 aromatic carbocycles. The van der Waals surface area contributed by atoms with Crippen LogP contribution in [0.3, 0.4) is 0 Å². The number of nitrogens with zero attached hydrogens (tertiary/aromatic N) is 3. The highest BCUT2D eigenvalue weighted by Gasteiger charge is 2.13. The number of nitrogens with one attached hydrogen (secondary N) is 1. The van der Waals surface area contributed by atoms with E-state index < -0.39 is 0 Å². The first-order valence-electron chi connectivity index (χ1n) is 7.23. The number of carbonyl (C=O) groups excluding carboxylic acids is 1. The summed E-state index contributed by atoms with van der Waals surface area (Å²) < 4.78 is 1.95. The van der Waals surface area contributed by atoms with Crippen LogP contribution in [0.25, 0.3) is 17.1 Å². The molecule has 116 valence electrons. The average molecular weight is 307 g/mol. The number of pyridine rings is 1. The molecule has 3 N–H and O–H groups in total. The molecule has 0 bridgehead atoms. The summed E-state index contributed by atoms with van der Waals surface area (Å²) in [5, 5.41) is 2.65. The van der Waals surface area contributed by atoms with Gasteiger partial charge in [-0.1, -0.05) is 18.2 Å². The zero-order valence-corrected chi connectivity index (χ0v) is 12.7. The molecule has 0 aliphatic carbocycles. The zero-order valence-electron chi connectivity index (χ0n) is 12.7. The molecule has 0 fully saturated rings. The van der Waals surface area contributed by atoms with Gasteiger partial charge in [-0.15, -0.1) is 0 Å². The molecule has 0 aliphatic heterocycles. The molecule has 6 heteroatoms. The van der Waals surface area contributed by atoms with Crippen LogP contribution in [-0.2, 0) is 11.2 Å². The minimum atomic E-state index is -0.0349. The summed E-state index contributed by atoms with van der Waals surface area (Å²) in [7, 11) is 1.63. The van der Waals surface area contributed by atoms with Gasteiger partial charge in [-0.2, -0.15) is 0 Å². The third kappa shape index (κ3) is 3.06. The van der Waals surface area contributed by atoms with E-state index in [1.54, 1.807) is 25.5 Å². The number of likely N-dealkylation sites (N-methyl/N-ethyl adjacent to an activating group) is 1. The highest BCUT2D eigenvalue weighted by Crippen LogP contribution is 2.24. The topological polar surface area (TPSA) is 85.8 Å². The van der Waals surface area contributed by atoms with Crippen molar-refractivity contribution in [2.75, 3.05) is 12.8 Å². The van der Waals surface area contributed by atoms with E-state index in [2.05, 4.69) is 15.3 Å². The van der Waals surface area contributed by atoms with E-state index in [9.17, 15) is 4.79 Å². The van der Waals surface area contributed by atoms with Gasteiger partial charge in [0, 0.05) is 31.2 Å². The first-order chi connectivity index (χ1) is 11.2. The van der Waals surface area contributed by atoms with Crippen molar-refractivity contribution >= 4 is 11.7 Å². The largest absolute Gasteiger partial charge is 0.384 e. The molecular formula is C17H17N5O. The molecule has 2 heterocycles. The van der Waals surface area contributed by atoms with E-state index in [1.807, 2.05) is 41.1 Å². The maximum Gasteiger partial charge on any atom is 0.224 e. The molecule has 0 saturated carbocycles. The van der Waals surface area contributed by atoms with Crippen LogP contribution < -0.4 is 11.1 Å². The lowest BCUT2D eigenvalue weighted by molar-refractivity contribution is -0.119. The van der Waals surface area contributed by atoms with E-state index in [4.69, 9.17) is 5.73 Å². The summed E-state index contributed by atoms with van der Waals surface area (Å²) >= 11 is 0. The Morgan fingerprint density at radius 1 is 1.22 bits per heavy atom. The maximum absolute atomic E-state index is 11.7. The third-order valence-electron chi connectivity index (χ3n) is 3.56. The Balaban J connectivity index is 2.08. The molecule has 0 aliphatic rings. The fraction of sp³-hybridized carbons (Fsp3) is 0.118. The van der Waals surface area contributed by atoms with Gasteiger partial charge < -0.3 is 11.1 Å². The van der Waals surface area contributed by atoms with Gasteiger partial charge in [0.2, 0.25) is 5.91 Å². The van der Waals surface area contributed by atoms with Gasteiger partial charge in [0.15, 0.2) is 0 Å². The Hall–Kier alpha value is -3.15. The first-order valence-corrected chi connectivity index (χ1v) is 7.23. The van der Waals surface area contributed by atoms with Crippen molar-refractivity contribution in [1.29, 1.82) is 0 Å². The molecule has 0 radical (unpaired) electrons. The van der Waals surface area contributed by atoms with Crippen LogP contribution in [0.2, 0.25) is 0 Å². The van der Waals surface area contributed by atoms with Gasteiger partial charge in [0.25, 0.3) is 0 Å². The average Bonchev–Trinajstić information content (AvgIpc) is 3.04. The van der Waals surface area contributed by atoms with Crippen molar-refractivity contribution in [3.8, 4) is 17.1 Å². The number of imidazole rings is 1. The molecule has 0 unspecified atom stereocenters. The lowest BCUT2D eigenvalue weighted by Crippen LogP contribution is -2.20. The molecule has 2 aromatic heterocycles.